The Hall–Kier alpha value is -1.75. The van der Waals surface area contributed by atoms with Gasteiger partial charge in [0, 0.05) is 10.7 Å². The Bertz CT molecular complexity index is 712. The molecule has 0 saturated carbocycles. The van der Waals surface area contributed by atoms with Crippen LogP contribution < -0.4 is 5.32 Å². The lowest BCUT2D eigenvalue weighted by atomic mass is 10.2. The third-order valence-electron chi connectivity index (χ3n) is 2.93. The van der Waals surface area contributed by atoms with Gasteiger partial charge in [0.2, 0.25) is 0 Å². The van der Waals surface area contributed by atoms with Crippen LogP contribution in [0, 0.1) is 0 Å². The van der Waals surface area contributed by atoms with E-state index in [0.29, 0.717) is 10.7 Å². The van der Waals surface area contributed by atoms with Crippen LogP contribution in [-0.2, 0) is 9.53 Å². The topological polar surface area (TPSA) is 55.4 Å². The summed E-state index contributed by atoms with van der Waals surface area (Å²) in [7, 11) is 0. The van der Waals surface area contributed by atoms with Crippen molar-refractivity contribution in [1.29, 1.82) is 0 Å². The molecular formula is C16H12Cl3NO3. The molecule has 0 radical (unpaired) electrons. The molecule has 1 N–H and O–H groups in total. The number of carbonyl (C=O) groups is 2. The van der Waals surface area contributed by atoms with Crippen LogP contribution in [0.4, 0.5) is 5.69 Å². The van der Waals surface area contributed by atoms with Crippen molar-refractivity contribution < 1.29 is 14.3 Å². The number of ether oxygens (including phenoxy) is 1. The minimum atomic E-state index is -1.02. The van der Waals surface area contributed by atoms with E-state index in [9.17, 15) is 9.59 Å². The molecule has 0 aliphatic heterocycles. The van der Waals surface area contributed by atoms with Gasteiger partial charge in [0.05, 0.1) is 15.6 Å². The monoisotopic (exact) mass is 371 g/mol. The summed E-state index contributed by atoms with van der Waals surface area (Å²) in [5.41, 5.74) is 0.569. The van der Waals surface area contributed by atoms with Gasteiger partial charge in [-0.05, 0) is 43.3 Å². The number of nitrogens with one attached hydrogen (secondary N) is 1. The average Bonchev–Trinajstić information content (AvgIpc) is 2.49. The van der Waals surface area contributed by atoms with Gasteiger partial charge in [0.15, 0.2) is 6.10 Å². The maximum absolute atomic E-state index is 12.1. The number of carbonyl (C=O) groups excluding carboxylic acids is 2. The smallest absolute Gasteiger partial charge is 0.341 e. The van der Waals surface area contributed by atoms with Gasteiger partial charge in [0.25, 0.3) is 5.91 Å². The van der Waals surface area contributed by atoms with Gasteiger partial charge in [-0.15, -0.1) is 0 Å². The van der Waals surface area contributed by atoms with E-state index in [-0.39, 0.29) is 15.6 Å². The molecule has 23 heavy (non-hydrogen) atoms. The zero-order valence-corrected chi connectivity index (χ0v) is 14.2. The van der Waals surface area contributed by atoms with Crippen LogP contribution in [-0.4, -0.2) is 18.0 Å². The van der Waals surface area contributed by atoms with Gasteiger partial charge in [-0.2, -0.15) is 0 Å². The molecule has 0 fully saturated rings. The highest BCUT2D eigenvalue weighted by Crippen LogP contribution is 2.25. The molecule has 0 aliphatic carbocycles. The lowest BCUT2D eigenvalue weighted by Gasteiger charge is -2.14. The van der Waals surface area contributed by atoms with Gasteiger partial charge >= 0.3 is 5.97 Å². The molecule has 2 rings (SSSR count). The van der Waals surface area contributed by atoms with Crippen molar-refractivity contribution in [3.63, 3.8) is 0 Å². The molecule has 4 nitrogen and oxygen atoms in total. The summed E-state index contributed by atoms with van der Waals surface area (Å²) in [6.45, 7) is 1.45. The second-order valence-corrected chi connectivity index (χ2v) is 5.89. The van der Waals surface area contributed by atoms with Crippen molar-refractivity contribution in [3.8, 4) is 0 Å². The Morgan fingerprint density at radius 2 is 1.57 bits per heavy atom. The first-order valence-corrected chi connectivity index (χ1v) is 7.73. The first-order valence-electron chi connectivity index (χ1n) is 6.60. The predicted octanol–water partition coefficient (Wildman–Crippen LogP) is 4.83. The van der Waals surface area contributed by atoms with Crippen LogP contribution in [0.5, 0.6) is 0 Å². The van der Waals surface area contributed by atoms with Crippen molar-refractivity contribution in [2.75, 3.05) is 5.32 Å². The molecule has 0 heterocycles. The van der Waals surface area contributed by atoms with Gasteiger partial charge in [-0.1, -0.05) is 40.9 Å². The molecule has 1 atom stereocenters. The summed E-state index contributed by atoms with van der Waals surface area (Å²) < 4.78 is 5.11. The van der Waals surface area contributed by atoms with Crippen LogP contribution >= 0.6 is 34.8 Å². The minimum absolute atomic E-state index is 0.0296. The number of hydrogen-bond acceptors (Lipinski definition) is 3. The summed E-state index contributed by atoms with van der Waals surface area (Å²) in [6.07, 6.45) is -1.02. The number of amides is 1. The number of rotatable bonds is 4. The number of benzene rings is 2. The van der Waals surface area contributed by atoms with Crippen molar-refractivity contribution in [3.05, 3.63) is 63.1 Å². The van der Waals surface area contributed by atoms with E-state index in [1.54, 1.807) is 30.3 Å². The van der Waals surface area contributed by atoms with Gasteiger partial charge < -0.3 is 10.1 Å². The molecule has 0 aliphatic rings. The molecule has 2 aromatic carbocycles. The lowest BCUT2D eigenvalue weighted by Crippen LogP contribution is -2.30. The van der Waals surface area contributed by atoms with Gasteiger partial charge in [-0.25, -0.2) is 4.79 Å². The van der Waals surface area contributed by atoms with Gasteiger partial charge in [0.1, 0.15) is 0 Å². The van der Waals surface area contributed by atoms with Crippen molar-refractivity contribution in [2.24, 2.45) is 0 Å². The molecule has 2 aromatic rings. The van der Waals surface area contributed by atoms with E-state index in [2.05, 4.69) is 5.32 Å². The first-order chi connectivity index (χ1) is 10.9. The highest BCUT2D eigenvalue weighted by atomic mass is 35.5. The zero-order chi connectivity index (χ0) is 17.0. The average molecular weight is 373 g/mol. The lowest BCUT2D eigenvalue weighted by molar-refractivity contribution is -0.123. The molecule has 7 heteroatoms. The van der Waals surface area contributed by atoms with Crippen LogP contribution in [0.25, 0.3) is 0 Å². The Labute approximate surface area is 148 Å². The molecule has 1 amide bonds. The fourth-order valence-corrected chi connectivity index (χ4v) is 2.42. The van der Waals surface area contributed by atoms with Crippen LogP contribution in [0.1, 0.15) is 17.3 Å². The molecule has 0 spiro atoms. The van der Waals surface area contributed by atoms with Crippen LogP contribution in [0.3, 0.4) is 0 Å². The number of halogens is 3. The standard InChI is InChI=1S/C16H12Cl3NO3/c1-9(15(21)20-11-7-5-10(17)6-8-11)23-16(22)14-12(18)3-2-4-13(14)19/h2-9H,1H3,(H,20,21)/t9-/m1/s1. The normalized spacial score (nSPS) is 11.7. The first kappa shape index (κ1) is 17.6. The fourth-order valence-electron chi connectivity index (χ4n) is 1.74. The summed E-state index contributed by atoms with van der Waals surface area (Å²) in [6, 6.07) is 11.2. The quantitative estimate of drug-likeness (QED) is 0.782. The SMILES string of the molecule is C[C@@H](OC(=O)c1c(Cl)cccc1Cl)C(=O)Nc1ccc(Cl)cc1. The molecular weight excluding hydrogens is 361 g/mol. The molecule has 0 saturated heterocycles. The van der Waals surface area contributed by atoms with Crippen LogP contribution in [0.2, 0.25) is 15.1 Å². The van der Waals surface area contributed by atoms with E-state index in [1.807, 2.05) is 0 Å². The third kappa shape index (κ3) is 4.61. The number of hydrogen-bond donors (Lipinski definition) is 1. The Morgan fingerprint density at radius 1 is 1.00 bits per heavy atom. The highest BCUT2D eigenvalue weighted by Gasteiger charge is 2.22. The van der Waals surface area contributed by atoms with Crippen molar-refractivity contribution in [1.82, 2.24) is 0 Å². The number of anilines is 1. The maximum atomic E-state index is 12.1. The Balaban J connectivity index is 2.03. The predicted molar refractivity (Wildman–Crippen MR) is 91.4 cm³/mol. The molecule has 0 aromatic heterocycles. The van der Waals surface area contributed by atoms with E-state index < -0.39 is 18.0 Å². The number of esters is 1. The highest BCUT2D eigenvalue weighted by molar-refractivity contribution is 6.39. The summed E-state index contributed by atoms with van der Waals surface area (Å²) in [4.78, 5) is 24.2. The van der Waals surface area contributed by atoms with Crippen molar-refractivity contribution in [2.45, 2.75) is 13.0 Å². The molecule has 120 valence electrons. The maximum Gasteiger partial charge on any atom is 0.341 e. The summed E-state index contributed by atoms with van der Waals surface area (Å²) >= 11 is 17.6. The zero-order valence-electron chi connectivity index (χ0n) is 12.0. The third-order valence-corrected chi connectivity index (χ3v) is 3.81. The summed E-state index contributed by atoms with van der Waals surface area (Å²) in [5, 5.41) is 3.49. The molecule has 0 bridgehead atoms. The summed E-state index contributed by atoms with van der Waals surface area (Å²) in [5.74, 6) is -1.25. The second kappa shape index (κ2) is 7.68. The van der Waals surface area contributed by atoms with Gasteiger partial charge in [-0.3, -0.25) is 4.79 Å². The van der Waals surface area contributed by atoms with Crippen molar-refractivity contribution >= 4 is 52.4 Å². The van der Waals surface area contributed by atoms with E-state index >= 15 is 0 Å². The van der Waals surface area contributed by atoms with E-state index in [0.717, 1.165) is 0 Å². The van der Waals surface area contributed by atoms with E-state index in [1.165, 1.54) is 19.1 Å². The Kier molecular flexibility index (Phi) is 5.88. The Morgan fingerprint density at radius 3 is 2.13 bits per heavy atom. The largest absolute Gasteiger partial charge is 0.449 e. The molecule has 0 unspecified atom stereocenters. The van der Waals surface area contributed by atoms with E-state index in [4.69, 9.17) is 39.5 Å². The minimum Gasteiger partial charge on any atom is -0.449 e. The fraction of sp³-hybridized carbons (Fsp3) is 0.125. The van der Waals surface area contributed by atoms with Crippen LogP contribution in [0.15, 0.2) is 42.5 Å². The second-order valence-electron chi connectivity index (χ2n) is 4.64.